The number of hydrogen-bond donors (Lipinski definition) is 1. The lowest BCUT2D eigenvalue weighted by Gasteiger charge is -2.16. The van der Waals surface area contributed by atoms with Crippen LogP contribution in [-0.4, -0.2) is 30.1 Å². The number of ether oxygens (including phenoxy) is 1. The van der Waals surface area contributed by atoms with E-state index in [4.69, 9.17) is 9.84 Å². The summed E-state index contributed by atoms with van der Waals surface area (Å²) in [6.45, 7) is 1.79. The standard InChI is InChI=1S/C12H13NO4/c1-7-5-11(14)13(2)9-4-3-8(12(15)16)6-10(9)17-7/h3-4,6-7H,5H2,1-2H3,(H,15,16). The molecule has 0 aliphatic carbocycles. The van der Waals surface area contributed by atoms with Gasteiger partial charge in [-0.25, -0.2) is 4.79 Å². The Balaban J connectivity index is 2.50. The van der Waals surface area contributed by atoms with Gasteiger partial charge in [-0.15, -0.1) is 0 Å². The minimum atomic E-state index is -1.01. The molecule has 0 bridgehead atoms. The first kappa shape index (κ1) is 11.4. The van der Waals surface area contributed by atoms with Crippen LogP contribution in [0.25, 0.3) is 0 Å². The average Bonchev–Trinajstić information content (AvgIpc) is 2.36. The third-order valence-electron chi connectivity index (χ3n) is 2.73. The van der Waals surface area contributed by atoms with E-state index in [-0.39, 0.29) is 24.0 Å². The van der Waals surface area contributed by atoms with Crippen molar-refractivity contribution in [3.63, 3.8) is 0 Å². The summed E-state index contributed by atoms with van der Waals surface area (Å²) in [5.74, 6) is -0.618. The summed E-state index contributed by atoms with van der Waals surface area (Å²) in [5, 5.41) is 8.90. The Bertz CT molecular complexity index is 483. The van der Waals surface area contributed by atoms with Crippen molar-refractivity contribution in [1.29, 1.82) is 0 Å². The zero-order valence-electron chi connectivity index (χ0n) is 9.64. The fraction of sp³-hybridized carbons (Fsp3) is 0.333. The van der Waals surface area contributed by atoms with Gasteiger partial charge in [-0.1, -0.05) is 0 Å². The summed E-state index contributed by atoms with van der Waals surface area (Å²) >= 11 is 0. The highest BCUT2D eigenvalue weighted by Crippen LogP contribution is 2.33. The van der Waals surface area contributed by atoms with Gasteiger partial charge >= 0.3 is 5.97 Å². The van der Waals surface area contributed by atoms with Crippen molar-refractivity contribution in [2.45, 2.75) is 19.4 Å². The molecule has 1 unspecified atom stereocenters. The summed E-state index contributed by atoms with van der Waals surface area (Å²) in [7, 11) is 1.66. The SMILES string of the molecule is CC1CC(=O)N(C)c2ccc(C(=O)O)cc2O1. The predicted molar refractivity (Wildman–Crippen MR) is 61.5 cm³/mol. The number of anilines is 1. The molecule has 1 atom stereocenters. The second-order valence-corrected chi connectivity index (χ2v) is 4.07. The number of carbonyl (C=O) groups is 2. The van der Waals surface area contributed by atoms with Crippen molar-refractivity contribution in [2.75, 3.05) is 11.9 Å². The molecule has 0 spiro atoms. The van der Waals surface area contributed by atoms with Crippen molar-refractivity contribution < 1.29 is 19.4 Å². The van der Waals surface area contributed by atoms with Crippen LogP contribution in [0.5, 0.6) is 5.75 Å². The third-order valence-corrected chi connectivity index (χ3v) is 2.73. The lowest BCUT2D eigenvalue weighted by Crippen LogP contribution is -2.27. The molecule has 5 nitrogen and oxygen atoms in total. The van der Waals surface area contributed by atoms with Crippen LogP contribution in [0.4, 0.5) is 5.69 Å². The van der Waals surface area contributed by atoms with E-state index in [9.17, 15) is 9.59 Å². The largest absolute Gasteiger partial charge is 0.488 e. The second-order valence-electron chi connectivity index (χ2n) is 4.07. The number of carbonyl (C=O) groups excluding carboxylic acids is 1. The molecule has 0 saturated heterocycles. The quantitative estimate of drug-likeness (QED) is 0.801. The molecule has 1 heterocycles. The molecular weight excluding hydrogens is 222 g/mol. The zero-order valence-corrected chi connectivity index (χ0v) is 9.64. The lowest BCUT2D eigenvalue weighted by atomic mass is 10.2. The molecule has 90 valence electrons. The van der Waals surface area contributed by atoms with Crippen LogP contribution in [0.1, 0.15) is 23.7 Å². The number of hydrogen-bond acceptors (Lipinski definition) is 3. The Morgan fingerprint density at radius 3 is 2.88 bits per heavy atom. The number of aromatic carboxylic acids is 1. The number of carboxylic acid groups (broad SMARTS) is 1. The molecule has 1 aromatic carbocycles. The van der Waals surface area contributed by atoms with Crippen LogP contribution in [0, 0.1) is 0 Å². The van der Waals surface area contributed by atoms with Gasteiger partial charge in [0.2, 0.25) is 5.91 Å². The minimum Gasteiger partial charge on any atom is -0.488 e. The molecule has 17 heavy (non-hydrogen) atoms. The summed E-state index contributed by atoms with van der Waals surface area (Å²) < 4.78 is 5.56. The van der Waals surface area contributed by atoms with E-state index < -0.39 is 5.97 Å². The molecule has 1 aromatic rings. The Morgan fingerprint density at radius 1 is 1.53 bits per heavy atom. The normalized spacial score (nSPS) is 19.3. The van der Waals surface area contributed by atoms with E-state index in [1.165, 1.54) is 17.0 Å². The first-order valence-electron chi connectivity index (χ1n) is 5.29. The molecule has 0 saturated carbocycles. The Morgan fingerprint density at radius 2 is 2.24 bits per heavy atom. The molecule has 2 rings (SSSR count). The highest BCUT2D eigenvalue weighted by molar-refractivity contribution is 5.97. The maximum atomic E-state index is 11.7. The van der Waals surface area contributed by atoms with E-state index in [2.05, 4.69) is 0 Å². The van der Waals surface area contributed by atoms with Gasteiger partial charge in [-0.2, -0.15) is 0 Å². The maximum Gasteiger partial charge on any atom is 0.335 e. The number of amides is 1. The van der Waals surface area contributed by atoms with E-state index in [0.29, 0.717) is 11.4 Å². The Kier molecular flexibility index (Phi) is 2.75. The van der Waals surface area contributed by atoms with Gasteiger partial charge in [0, 0.05) is 7.05 Å². The van der Waals surface area contributed by atoms with E-state index in [0.717, 1.165) is 0 Å². The summed E-state index contributed by atoms with van der Waals surface area (Å²) in [4.78, 5) is 24.1. The molecule has 1 amide bonds. The van der Waals surface area contributed by atoms with E-state index in [1.807, 2.05) is 0 Å². The third kappa shape index (κ3) is 2.08. The van der Waals surface area contributed by atoms with Crippen LogP contribution in [0.2, 0.25) is 0 Å². The van der Waals surface area contributed by atoms with E-state index in [1.54, 1.807) is 20.0 Å². The van der Waals surface area contributed by atoms with Crippen molar-refractivity contribution in [2.24, 2.45) is 0 Å². The molecule has 0 aromatic heterocycles. The fourth-order valence-corrected chi connectivity index (χ4v) is 1.79. The summed E-state index contributed by atoms with van der Waals surface area (Å²) in [6, 6.07) is 4.50. The van der Waals surface area contributed by atoms with Gasteiger partial charge in [0.15, 0.2) is 0 Å². The van der Waals surface area contributed by atoms with Gasteiger partial charge in [-0.05, 0) is 25.1 Å². The monoisotopic (exact) mass is 235 g/mol. The number of benzene rings is 1. The first-order chi connectivity index (χ1) is 7.99. The van der Waals surface area contributed by atoms with Gasteiger partial charge in [0.25, 0.3) is 0 Å². The van der Waals surface area contributed by atoms with Gasteiger partial charge < -0.3 is 14.7 Å². The second kappa shape index (κ2) is 4.08. The van der Waals surface area contributed by atoms with Crippen molar-refractivity contribution >= 4 is 17.6 Å². The highest BCUT2D eigenvalue weighted by atomic mass is 16.5. The number of nitrogens with zero attached hydrogens (tertiary/aromatic N) is 1. The Labute approximate surface area is 98.6 Å². The average molecular weight is 235 g/mol. The van der Waals surface area contributed by atoms with Crippen LogP contribution < -0.4 is 9.64 Å². The van der Waals surface area contributed by atoms with Crippen LogP contribution in [-0.2, 0) is 4.79 Å². The summed E-state index contributed by atoms with van der Waals surface area (Å²) in [5.41, 5.74) is 0.753. The van der Waals surface area contributed by atoms with Gasteiger partial charge in [0.1, 0.15) is 11.9 Å². The van der Waals surface area contributed by atoms with Crippen LogP contribution in [0.15, 0.2) is 18.2 Å². The number of rotatable bonds is 1. The van der Waals surface area contributed by atoms with E-state index >= 15 is 0 Å². The molecule has 5 heteroatoms. The van der Waals surface area contributed by atoms with Crippen molar-refractivity contribution in [1.82, 2.24) is 0 Å². The molecule has 0 radical (unpaired) electrons. The molecular formula is C12H13NO4. The topological polar surface area (TPSA) is 66.8 Å². The smallest absolute Gasteiger partial charge is 0.335 e. The van der Waals surface area contributed by atoms with Gasteiger partial charge in [-0.3, -0.25) is 4.79 Å². The summed E-state index contributed by atoms with van der Waals surface area (Å²) in [6.07, 6.45) is 0.0309. The van der Waals surface area contributed by atoms with Crippen LogP contribution >= 0.6 is 0 Å². The molecule has 1 aliphatic rings. The minimum absolute atomic E-state index is 0.0423. The number of fused-ring (bicyclic) bond motifs is 1. The highest BCUT2D eigenvalue weighted by Gasteiger charge is 2.24. The first-order valence-corrected chi connectivity index (χ1v) is 5.29. The molecule has 0 fully saturated rings. The molecule has 1 aliphatic heterocycles. The fourth-order valence-electron chi connectivity index (χ4n) is 1.79. The van der Waals surface area contributed by atoms with Gasteiger partial charge in [0.05, 0.1) is 17.7 Å². The predicted octanol–water partition coefficient (Wildman–Crippen LogP) is 1.52. The maximum absolute atomic E-state index is 11.7. The van der Waals surface area contributed by atoms with Crippen LogP contribution in [0.3, 0.4) is 0 Å². The lowest BCUT2D eigenvalue weighted by molar-refractivity contribution is -0.119. The zero-order chi connectivity index (χ0) is 12.6. The Hall–Kier alpha value is -2.04. The molecule has 1 N–H and O–H groups in total. The van der Waals surface area contributed by atoms with Crippen molar-refractivity contribution in [3.05, 3.63) is 23.8 Å². The number of carboxylic acids is 1. The van der Waals surface area contributed by atoms with Crippen molar-refractivity contribution in [3.8, 4) is 5.75 Å².